The Kier molecular flexibility index (Phi) is 5.16. The summed E-state index contributed by atoms with van der Waals surface area (Å²) in [6, 6.07) is 9.02. The van der Waals surface area contributed by atoms with Crippen molar-refractivity contribution < 1.29 is 4.74 Å². The molecule has 2 nitrogen and oxygen atoms in total. The summed E-state index contributed by atoms with van der Waals surface area (Å²) < 4.78 is 5.46. The van der Waals surface area contributed by atoms with E-state index in [9.17, 15) is 0 Å². The average molecular weight is 235 g/mol. The molecule has 0 aliphatic heterocycles. The minimum Gasteiger partial charge on any atom is -0.377 e. The molecule has 96 valence electrons. The maximum Gasteiger partial charge on any atom is 0.0772 e. The van der Waals surface area contributed by atoms with E-state index in [-0.39, 0.29) is 5.60 Å². The second-order valence-electron chi connectivity index (χ2n) is 5.22. The molecule has 1 N–H and O–H groups in total. The van der Waals surface area contributed by atoms with Crippen LogP contribution in [0.2, 0.25) is 0 Å². The molecule has 0 bridgehead atoms. The van der Waals surface area contributed by atoms with Crippen molar-refractivity contribution in [2.75, 3.05) is 13.7 Å². The summed E-state index contributed by atoms with van der Waals surface area (Å²) in [5.41, 5.74) is 2.60. The van der Waals surface area contributed by atoms with Crippen molar-refractivity contribution in [2.45, 2.75) is 45.8 Å². The van der Waals surface area contributed by atoms with Crippen molar-refractivity contribution in [3.63, 3.8) is 0 Å². The van der Waals surface area contributed by atoms with Crippen LogP contribution in [0.3, 0.4) is 0 Å². The summed E-state index contributed by atoms with van der Waals surface area (Å²) in [6.07, 6.45) is 1.06. The van der Waals surface area contributed by atoms with Gasteiger partial charge in [0.1, 0.15) is 0 Å². The zero-order chi connectivity index (χ0) is 12.9. The second-order valence-corrected chi connectivity index (χ2v) is 5.22. The highest BCUT2D eigenvalue weighted by Gasteiger charge is 2.24. The second kappa shape index (κ2) is 6.18. The van der Waals surface area contributed by atoms with Crippen molar-refractivity contribution in [1.29, 1.82) is 0 Å². The molecule has 0 amide bonds. The molecule has 1 rings (SSSR count). The first-order valence-electron chi connectivity index (χ1n) is 6.30. The van der Waals surface area contributed by atoms with Gasteiger partial charge in [0.2, 0.25) is 0 Å². The van der Waals surface area contributed by atoms with Crippen LogP contribution in [-0.2, 0) is 11.2 Å². The summed E-state index contributed by atoms with van der Waals surface area (Å²) in [7, 11) is 1.76. The van der Waals surface area contributed by atoms with Crippen LogP contribution < -0.4 is 5.32 Å². The van der Waals surface area contributed by atoms with Crippen LogP contribution >= 0.6 is 0 Å². The lowest BCUT2D eigenvalue weighted by Gasteiger charge is -2.31. The smallest absolute Gasteiger partial charge is 0.0772 e. The Morgan fingerprint density at radius 1 is 1.35 bits per heavy atom. The largest absolute Gasteiger partial charge is 0.377 e. The van der Waals surface area contributed by atoms with Gasteiger partial charge in [0.15, 0.2) is 0 Å². The van der Waals surface area contributed by atoms with Gasteiger partial charge < -0.3 is 10.1 Å². The molecule has 0 fully saturated rings. The van der Waals surface area contributed by atoms with Crippen LogP contribution in [0, 0.1) is 6.92 Å². The SMILES string of the molecule is COC(C)(C)C(C)NCCc1cccc(C)c1. The van der Waals surface area contributed by atoms with Crippen LogP contribution in [0.5, 0.6) is 0 Å². The zero-order valence-electron chi connectivity index (χ0n) is 11.7. The van der Waals surface area contributed by atoms with Crippen LogP contribution in [0.25, 0.3) is 0 Å². The Morgan fingerprint density at radius 3 is 2.65 bits per heavy atom. The van der Waals surface area contributed by atoms with Crippen molar-refractivity contribution in [3.05, 3.63) is 35.4 Å². The van der Waals surface area contributed by atoms with E-state index in [1.165, 1.54) is 11.1 Å². The number of hydrogen-bond donors (Lipinski definition) is 1. The summed E-state index contributed by atoms with van der Waals surface area (Å²) in [6.45, 7) is 9.50. The first-order valence-corrected chi connectivity index (χ1v) is 6.30. The molecule has 0 radical (unpaired) electrons. The summed E-state index contributed by atoms with van der Waals surface area (Å²) in [5.74, 6) is 0. The fourth-order valence-corrected chi connectivity index (χ4v) is 1.72. The maximum atomic E-state index is 5.46. The Labute approximate surface area is 105 Å². The van der Waals surface area contributed by atoms with Gasteiger partial charge in [-0.15, -0.1) is 0 Å². The van der Waals surface area contributed by atoms with E-state index in [0.717, 1.165) is 13.0 Å². The van der Waals surface area contributed by atoms with Crippen LogP contribution in [0.15, 0.2) is 24.3 Å². The quantitative estimate of drug-likeness (QED) is 0.818. The number of benzene rings is 1. The molecule has 0 spiro atoms. The summed E-state index contributed by atoms with van der Waals surface area (Å²) in [5, 5.41) is 3.52. The van der Waals surface area contributed by atoms with E-state index < -0.39 is 0 Å². The molecule has 1 aromatic carbocycles. The van der Waals surface area contributed by atoms with Crippen molar-refractivity contribution in [2.24, 2.45) is 0 Å². The maximum absolute atomic E-state index is 5.46. The molecule has 17 heavy (non-hydrogen) atoms. The molecular formula is C15H25NO. The van der Waals surface area contributed by atoms with Gasteiger partial charge in [-0.3, -0.25) is 0 Å². The molecule has 1 atom stereocenters. The van der Waals surface area contributed by atoms with E-state index >= 15 is 0 Å². The predicted octanol–water partition coefficient (Wildman–Crippen LogP) is 2.94. The number of ether oxygens (including phenoxy) is 1. The van der Waals surface area contributed by atoms with Crippen LogP contribution in [0.1, 0.15) is 31.9 Å². The third-order valence-corrected chi connectivity index (χ3v) is 3.52. The van der Waals surface area contributed by atoms with Crippen molar-refractivity contribution in [1.82, 2.24) is 5.32 Å². The summed E-state index contributed by atoms with van der Waals surface area (Å²) >= 11 is 0. The fourth-order valence-electron chi connectivity index (χ4n) is 1.72. The highest BCUT2D eigenvalue weighted by Crippen LogP contribution is 2.13. The molecule has 0 saturated carbocycles. The lowest BCUT2D eigenvalue weighted by molar-refractivity contribution is -0.00475. The first kappa shape index (κ1) is 14.2. The topological polar surface area (TPSA) is 21.3 Å². The third kappa shape index (κ3) is 4.49. The fraction of sp³-hybridized carbons (Fsp3) is 0.600. The molecule has 0 aromatic heterocycles. The number of hydrogen-bond acceptors (Lipinski definition) is 2. The normalized spacial score (nSPS) is 13.7. The van der Waals surface area contributed by atoms with Gasteiger partial charge in [-0.1, -0.05) is 29.8 Å². The number of aryl methyl sites for hydroxylation is 1. The number of nitrogens with one attached hydrogen (secondary N) is 1. The Morgan fingerprint density at radius 2 is 2.06 bits per heavy atom. The average Bonchev–Trinajstić information content (AvgIpc) is 2.29. The van der Waals surface area contributed by atoms with E-state index in [1.807, 2.05) is 0 Å². The van der Waals surface area contributed by atoms with Crippen molar-refractivity contribution in [3.8, 4) is 0 Å². The lowest BCUT2D eigenvalue weighted by atomic mass is 10.00. The molecule has 0 saturated heterocycles. The number of methoxy groups -OCH3 is 1. The van der Waals surface area contributed by atoms with Crippen LogP contribution in [0.4, 0.5) is 0 Å². The molecule has 0 aliphatic rings. The van der Waals surface area contributed by atoms with Gasteiger partial charge in [0.05, 0.1) is 5.60 Å². The zero-order valence-corrected chi connectivity index (χ0v) is 11.7. The molecular weight excluding hydrogens is 210 g/mol. The van der Waals surface area contributed by atoms with Gasteiger partial charge in [-0.2, -0.15) is 0 Å². The van der Waals surface area contributed by atoms with Crippen molar-refractivity contribution >= 4 is 0 Å². The monoisotopic (exact) mass is 235 g/mol. The Hall–Kier alpha value is -0.860. The standard InChI is InChI=1S/C15H25NO/c1-12-7-6-8-14(11-12)9-10-16-13(2)15(3,4)17-5/h6-8,11,13,16H,9-10H2,1-5H3. The van der Waals surface area contributed by atoms with Gasteiger partial charge in [-0.25, -0.2) is 0 Å². The highest BCUT2D eigenvalue weighted by molar-refractivity contribution is 5.22. The predicted molar refractivity (Wildman–Crippen MR) is 73.4 cm³/mol. The van der Waals surface area contributed by atoms with Gasteiger partial charge in [-0.05, 0) is 46.2 Å². The first-order chi connectivity index (χ1) is 7.95. The minimum atomic E-state index is -0.118. The van der Waals surface area contributed by atoms with Crippen LogP contribution in [-0.4, -0.2) is 25.3 Å². The third-order valence-electron chi connectivity index (χ3n) is 3.52. The molecule has 0 aliphatic carbocycles. The number of rotatable bonds is 6. The molecule has 1 unspecified atom stereocenters. The minimum absolute atomic E-state index is 0.118. The molecule has 2 heteroatoms. The molecule has 1 aromatic rings. The Balaban J connectivity index is 2.38. The van der Waals surface area contributed by atoms with E-state index in [2.05, 4.69) is 57.3 Å². The lowest BCUT2D eigenvalue weighted by Crippen LogP contribution is -2.46. The van der Waals surface area contributed by atoms with Gasteiger partial charge >= 0.3 is 0 Å². The molecule has 0 heterocycles. The van der Waals surface area contributed by atoms with Gasteiger partial charge in [0, 0.05) is 13.2 Å². The van der Waals surface area contributed by atoms with E-state index in [4.69, 9.17) is 4.74 Å². The van der Waals surface area contributed by atoms with Gasteiger partial charge in [0.25, 0.3) is 0 Å². The Bertz CT molecular complexity index is 347. The summed E-state index contributed by atoms with van der Waals surface area (Å²) in [4.78, 5) is 0. The highest BCUT2D eigenvalue weighted by atomic mass is 16.5. The van der Waals surface area contributed by atoms with E-state index in [0.29, 0.717) is 6.04 Å². The van der Waals surface area contributed by atoms with E-state index in [1.54, 1.807) is 7.11 Å².